The molecule has 0 bridgehead atoms. The predicted octanol–water partition coefficient (Wildman–Crippen LogP) is 0.829. The van der Waals surface area contributed by atoms with Gasteiger partial charge < -0.3 is 10.8 Å². The van der Waals surface area contributed by atoms with Crippen LogP contribution < -0.4 is 5.73 Å². The summed E-state index contributed by atoms with van der Waals surface area (Å²) in [4.78, 5) is 4.14. The maximum Gasteiger partial charge on any atom is 0.118 e. The van der Waals surface area contributed by atoms with Crippen LogP contribution in [-0.4, -0.2) is 10.1 Å². The third-order valence-corrected chi connectivity index (χ3v) is 2.18. The topological polar surface area (TPSA) is 59.1 Å². The summed E-state index contributed by atoms with van der Waals surface area (Å²) in [6.07, 6.45) is 0. The van der Waals surface area contributed by atoms with E-state index in [4.69, 9.17) is 10.8 Å². The lowest BCUT2D eigenvalue weighted by atomic mass is 10.0. The molecule has 1 heterocycles. The van der Waals surface area contributed by atoms with Gasteiger partial charge in [-0.15, -0.1) is 11.3 Å². The van der Waals surface area contributed by atoms with Crippen LogP contribution in [0.1, 0.15) is 24.5 Å². The van der Waals surface area contributed by atoms with Gasteiger partial charge in [-0.25, -0.2) is 4.98 Å². The van der Waals surface area contributed by atoms with Gasteiger partial charge in [-0.2, -0.15) is 0 Å². The van der Waals surface area contributed by atoms with Crippen molar-refractivity contribution in [3.05, 3.63) is 16.1 Å². The van der Waals surface area contributed by atoms with Gasteiger partial charge in [0, 0.05) is 5.38 Å². The standard InChI is InChI=1S/C7H12N2OS/c1-7(2,8)5-4-11-6(3-10)9-5/h4,10H,3,8H2,1-2H3. The molecule has 0 aromatic carbocycles. The zero-order chi connectivity index (χ0) is 8.48. The summed E-state index contributed by atoms with van der Waals surface area (Å²) in [5.74, 6) is 0. The maximum absolute atomic E-state index is 8.72. The van der Waals surface area contributed by atoms with E-state index in [1.54, 1.807) is 0 Å². The molecule has 3 nitrogen and oxygen atoms in total. The van der Waals surface area contributed by atoms with Gasteiger partial charge in [-0.3, -0.25) is 0 Å². The number of rotatable bonds is 2. The van der Waals surface area contributed by atoms with Crippen molar-refractivity contribution in [2.24, 2.45) is 5.73 Å². The summed E-state index contributed by atoms with van der Waals surface area (Å²) in [6, 6.07) is 0. The van der Waals surface area contributed by atoms with Crippen LogP contribution in [0.5, 0.6) is 0 Å². The largest absolute Gasteiger partial charge is 0.389 e. The van der Waals surface area contributed by atoms with Crippen LogP contribution in [0.3, 0.4) is 0 Å². The van der Waals surface area contributed by atoms with Crippen molar-refractivity contribution < 1.29 is 5.11 Å². The Morgan fingerprint density at radius 1 is 1.73 bits per heavy atom. The van der Waals surface area contributed by atoms with Gasteiger partial charge >= 0.3 is 0 Å². The third-order valence-electron chi connectivity index (χ3n) is 1.35. The lowest BCUT2D eigenvalue weighted by molar-refractivity contribution is 0.280. The van der Waals surface area contributed by atoms with E-state index in [0.717, 1.165) is 10.7 Å². The Kier molecular flexibility index (Phi) is 2.27. The van der Waals surface area contributed by atoms with Crippen LogP contribution in [-0.2, 0) is 12.1 Å². The molecular weight excluding hydrogens is 160 g/mol. The van der Waals surface area contributed by atoms with Gasteiger partial charge in [-0.05, 0) is 13.8 Å². The van der Waals surface area contributed by atoms with Crippen molar-refractivity contribution in [2.45, 2.75) is 26.0 Å². The molecule has 3 N–H and O–H groups in total. The first kappa shape index (κ1) is 8.64. The molecule has 62 valence electrons. The number of aliphatic hydroxyl groups excluding tert-OH is 1. The number of nitrogens with zero attached hydrogens (tertiary/aromatic N) is 1. The third kappa shape index (κ3) is 1.99. The zero-order valence-electron chi connectivity index (χ0n) is 6.66. The Morgan fingerprint density at radius 3 is 2.64 bits per heavy atom. The van der Waals surface area contributed by atoms with Crippen LogP contribution in [0.2, 0.25) is 0 Å². The second-order valence-corrected chi connectivity index (χ2v) is 3.95. The molecule has 11 heavy (non-hydrogen) atoms. The molecule has 0 atom stereocenters. The molecule has 4 heteroatoms. The monoisotopic (exact) mass is 172 g/mol. The van der Waals surface area contributed by atoms with Crippen molar-refractivity contribution in [3.8, 4) is 0 Å². The Bertz CT molecular complexity index is 239. The normalized spacial score (nSPS) is 12.0. The minimum atomic E-state index is -0.399. The van der Waals surface area contributed by atoms with Crippen LogP contribution in [0.4, 0.5) is 0 Å². The van der Waals surface area contributed by atoms with E-state index in [0.29, 0.717) is 0 Å². The predicted molar refractivity (Wildman–Crippen MR) is 45.3 cm³/mol. The van der Waals surface area contributed by atoms with Gasteiger partial charge in [-0.1, -0.05) is 0 Å². The molecule has 0 saturated heterocycles. The van der Waals surface area contributed by atoms with E-state index in [1.165, 1.54) is 11.3 Å². The number of thiazole rings is 1. The molecule has 0 aliphatic rings. The number of aromatic nitrogens is 1. The molecule has 1 rings (SSSR count). The van der Waals surface area contributed by atoms with Crippen molar-refractivity contribution in [2.75, 3.05) is 0 Å². The van der Waals surface area contributed by atoms with E-state index >= 15 is 0 Å². The lowest BCUT2D eigenvalue weighted by Crippen LogP contribution is -2.29. The molecule has 0 spiro atoms. The van der Waals surface area contributed by atoms with Gasteiger partial charge in [0.05, 0.1) is 17.8 Å². The summed E-state index contributed by atoms with van der Waals surface area (Å²) in [7, 11) is 0. The van der Waals surface area contributed by atoms with E-state index in [9.17, 15) is 0 Å². The Labute approximate surface area is 69.9 Å². The van der Waals surface area contributed by atoms with Crippen LogP contribution in [0, 0.1) is 0 Å². The van der Waals surface area contributed by atoms with E-state index in [2.05, 4.69) is 4.98 Å². The lowest BCUT2D eigenvalue weighted by Gasteiger charge is -2.14. The smallest absolute Gasteiger partial charge is 0.118 e. The van der Waals surface area contributed by atoms with Crippen molar-refractivity contribution in [1.29, 1.82) is 0 Å². The molecule has 0 unspecified atom stereocenters. The van der Waals surface area contributed by atoms with E-state index in [1.807, 2.05) is 19.2 Å². The Morgan fingerprint density at radius 2 is 2.36 bits per heavy atom. The average Bonchev–Trinajstić information content (AvgIpc) is 2.32. The molecule has 0 aliphatic carbocycles. The van der Waals surface area contributed by atoms with Gasteiger partial charge in [0.1, 0.15) is 5.01 Å². The van der Waals surface area contributed by atoms with Gasteiger partial charge in [0.25, 0.3) is 0 Å². The minimum Gasteiger partial charge on any atom is -0.389 e. The fraction of sp³-hybridized carbons (Fsp3) is 0.571. The van der Waals surface area contributed by atoms with Crippen molar-refractivity contribution >= 4 is 11.3 Å². The zero-order valence-corrected chi connectivity index (χ0v) is 7.48. The molecule has 0 amide bonds. The van der Waals surface area contributed by atoms with Crippen LogP contribution in [0.15, 0.2) is 5.38 Å². The fourth-order valence-corrected chi connectivity index (χ4v) is 1.51. The molecule has 0 radical (unpaired) electrons. The molecule has 0 aliphatic heterocycles. The summed E-state index contributed by atoms with van der Waals surface area (Å²) in [5.41, 5.74) is 6.23. The Balaban J connectivity index is 2.89. The number of nitrogens with two attached hydrogens (primary N) is 1. The van der Waals surface area contributed by atoms with Gasteiger partial charge in [0.2, 0.25) is 0 Å². The van der Waals surface area contributed by atoms with Crippen LogP contribution in [0.25, 0.3) is 0 Å². The molecule has 1 aromatic rings. The molecule has 0 saturated carbocycles. The molecule has 1 aromatic heterocycles. The minimum absolute atomic E-state index is 0.000741. The number of aliphatic hydroxyl groups is 1. The fourth-order valence-electron chi connectivity index (χ4n) is 0.679. The second-order valence-electron chi connectivity index (χ2n) is 3.01. The van der Waals surface area contributed by atoms with Crippen molar-refractivity contribution in [1.82, 2.24) is 4.98 Å². The SMILES string of the molecule is CC(C)(N)c1csc(CO)n1. The summed E-state index contributed by atoms with van der Waals surface area (Å²) >= 11 is 1.44. The first-order valence-corrected chi connectivity index (χ1v) is 4.26. The summed E-state index contributed by atoms with van der Waals surface area (Å²) < 4.78 is 0. The van der Waals surface area contributed by atoms with Gasteiger partial charge in [0.15, 0.2) is 0 Å². The quantitative estimate of drug-likeness (QED) is 0.694. The molecule has 0 fully saturated rings. The van der Waals surface area contributed by atoms with Crippen LogP contribution >= 0.6 is 11.3 Å². The summed E-state index contributed by atoms with van der Waals surface area (Å²) in [5, 5.41) is 11.3. The van der Waals surface area contributed by atoms with Crippen molar-refractivity contribution in [3.63, 3.8) is 0 Å². The second kappa shape index (κ2) is 2.89. The highest BCUT2D eigenvalue weighted by molar-refractivity contribution is 7.09. The summed E-state index contributed by atoms with van der Waals surface area (Å²) in [6.45, 7) is 3.78. The first-order chi connectivity index (χ1) is 5.04. The highest BCUT2D eigenvalue weighted by Crippen LogP contribution is 2.19. The number of hydrogen-bond acceptors (Lipinski definition) is 4. The van der Waals surface area contributed by atoms with E-state index < -0.39 is 5.54 Å². The highest BCUT2D eigenvalue weighted by Gasteiger charge is 2.17. The van der Waals surface area contributed by atoms with E-state index in [-0.39, 0.29) is 6.61 Å². The number of hydrogen-bond donors (Lipinski definition) is 2. The highest BCUT2D eigenvalue weighted by atomic mass is 32.1. The average molecular weight is 172 g/mol. The Hall–Kier alpha value is -0.450. The first-order valence-electron chi connectivity index (χ1n) is 3.38. The molecular formula is C7H12N2OS. The maximum atomic E-state index is 8.72.